The summed E-state index contributed by atoms with van der Waals surface area (Å²) in [6.07, 6.45) is 3.65. The smallest absolute Gasteiger partial charge is 0.241 e. The number of piperidine rings is 1. The SMILES string of the molecule is CC12C(=O)N(c3ccc(F)c(Cl)c3)C(=O)C1CC1C(=CCC3C(=O)N(C4CCN(Cc5ccccc5)CC4)C(=O)C31)C2c1ccc(O)c(F)c1. The predicted octanol–water partition coefficient (Wildman–Crippen LogP) is 6.22. The Labute approximate surface area is 293 Å². The highest BCUT2D eigenvalue weighted by Gasteiger charge is 2.68. The molecule has 3 aromatic carbocycles. The van der Waals surface area contributed by atoms with Crippen LogP contribution in [-0.2, 0) is 25.7 Å². The van der Waals surface area contributed by atoms with E-state index in [0.717, 1.165) is 36.2 Å². The van der Waals surface area contributed by atoms with Gasteiger partial charge in [-0.1, -0.05) is 59.6 Å². The van der Waals surface area contributed by atoms with Gasteiger partial charge in [0.2, 0.25) is 23.6 Å². The Morgan fingerprint density at radius 2 is 1.62 bits per heavy atom. The van der Waals surface area contributed by atoms with Crippen LogP contribution in [0.25, 0.3) is 0 Å². The second kappa shape index (κ2) is 12.1. The zero-order chi connectivity index (χ0) is 35.1. The first-order valence-corrected chi connectivity index (χ1v) is 17.5. The standard InChI is InChI=1S/C39H36ClF2N3O5/c1-39-28(36(48)45(38(39)50)24-8-11-30(41)29(40)18-24)19-27-25(34(39)22-7-12-32(46)31(42)17-22)9-10-26-33(27)37(49)44(35(26)47)23-13-15-43(16-14-23)20-21-5-3-2-4-6-21/h2-9,11-12,17-18,23,26-28,33-34,46H,10,13-16,19-20H2,1H3. The molecule has 3 aliphatic heterocycles. The maximum atomic E-state index is 15.0. The minimum absolute atomic E-state index is 0.115. The number of imide groups is 2. The topological polar surface area (TPSA) is 98.2 Å². The van der Waals surface area contributed by atoms with Crippen molar-refractivity contribution in [2.75, 3.05) is 18.0 Å². The normalized spacial score (nSPS) is 30.0. The van der Waals surface area contributed by atoms with Crippen LogP contribution in [0.1, 0.15) is 49.7 Å². The number of amides is 4. The number of rotatable bonds is 5. The highest BCUT2D eigenvalue weighted by atomic mass is 35.5. The zero-order valence-electron chi connectivity index (χ0n) is 27.4. The van der Waals surface area contributed by atoms with Crippen LogP contribution in [0.15, 0.2) is 78.4 Å². The Kier molecular flexibility index (Phi) is 7.95. The fourth-order valence-electron chi connectivity index (χ4n) is 9.53. The van der Waals surface area contributed by atoms with Crippen molar-refractivity contribution in [3.05, 3.63) is 106 Å². The van der Waals surface area contributed by atoms with Crippen LogP contribution >= 0.6 is 11.6 Å². The Morgan fingerprint density at radius 1 is 0.880 bits per heavy atom. The number of nitrogens with zero attached hydrogens (tertiary/aromatic N) is 3. The van der Waals surface area contributed by atoms with E-state index in [1.54, 1.807) is 6.92 Å². The van der Waals surface area contributed by atoms with Crippen LogP contribution < -0.4 is 4.90 Å². The second-order valence-corrected chi connectivity index (χ2v) is 14.9. The summed E-state index contributed by atoms with van der Waals surface area (Å²) in [7, 11) is 0. The lowest BCUT2D eigenvalue weighted by Gasteiger charge is -2.49. The maximum absolute atomic E-state index is 15.0. The number of anilines is 1. The Morgan fingerprint density at radius 3 is 2.32 bits per heavy atom. The molecule has 4 fully saturated rings. The number of phenolic OH excluding ortho intramolecular Hbond substituents is 1. The number of aromatic hydroxyl groups is 1. The number of allylic oxidation sites excluding steroid dienone is 2. The molecule has 2 aliphatic carbocycles. The molecule has 5 aliphatic rings. The van der Waals surface area contributed by atoms with Gasteiger partial charge in [-0.3, -0.25) is 29.0 Å². The molecule has 1 saturated carbocycles. The molecule has 3 saturated heterocycles. The van der Waals surface area contributed by atoms with Crippen molar-refractivity contribution < 1.29 is 33.1 Å². The number of carbonyl (C=O) groups is 4. The molecule has 0 spiro atoms. The minimum Gasteiger partial charge on any atom is -0.505 e. The van der Waals surface area contributed by atoms with Crippen molar-refractivity contribution in [1.82, 2.24) is 9.80 Å². The number of phenols is 1. The molecule has 3 aromatic rings. The number of benzene rings is 3. The third kappa shape index (κ3) is 4.93. The van der Waals surface area contributed by atoms with Crippen LogP contribution in [0.3, 0.4) is 0 Å². The molecule has 3 heterocycles. The molecule has 0 radical (unpaired) electrons. The summed E-state index contributed by atoms with van der Waals surface area (Å²) in [6, 6.07) is 17.5. The molecule has 50 heavy (non-hydrogen) atoms. The van der Waals surface area contributed by atoms with Gasteiger partial charge < -0.3 is 5.11 Å². The maximum Gasteiger partial charge on any atom is 0.241 e. The number of halogens is 3. The van der Waals surface area contributed by atoms with Crippen LogP contribution in [0.4, 0.5) is 14.5 Å². The number of hydrogen-bond donors (Lipinski definition) is 1. The summed E-state index contributed by atoms with van der Waals surface area (Å²) in [4.78, 5) is 62.1. The highest BCUT2D eigenvalue weighted by Crippen LogP contribution is 2.64. The third-order valence-electron chi connectivity index (χ3n) is 11.9. The molecule has 0 aromatic heterocycles. The van der Waals surface area contributed by atoms with E-state index < -0.39 is 64.2 Å². The summed E-state index contributed by atoms with van der Waals surface area (Å²) in [6.45, 7) is 3.96. The van der Waals surface area contributed by atoms with Gasteiger partial charge >= 0.3 is 0 Å². The molecule has 8 nitrogen and oxygen atoms in total. The van der Waals surface area contributed by atoms with E-state index in [2.05, 4.69) is 17.0 Å². The number of hydrogen-bond acceptors (Lipinski definition) is 6. The van der Waals surface area contributed by atoms with Gasteiger partial charge in [0.15, 0.2) is 11.6 Å². The van der Waals surface area contributed by atoms with Gasteiger partial charge in [-0.2, -0.15) is 0 Å². The van der Waals surface area contributed by atoms with E-state index in [1.165, 1.54) is 40.8 Å². The molecular weight excluding hydrogens is 664 g/mol. The van der Waals surface area contributed by atoms with E-state index in [4.69, 9.17) is 11.6 Å². The second-order valence-electron chi connectivity index (χ2n) is 14.5. The fraction of sp³-hybridized carbons (Fsp3) is 0.385. The molecule has 8 rings (SSSR count). The first-order chi connectivity index (χ1) is 24.0. The van der Waals surface area contributed by atoms with Gasteiger partial charge in [-0.15, -0.1) is 0 Å². The van der Waals surface area contributed by atoms with Gasteiger partial charge in [0.05, 0.1) is 33.9 Å². The molecule has 6 atom stereocenters. The average molecular weight is 700 g/mol. The Hall–Kier alpha value is -4.41. The molecule has 11 heteroatoms. The van der Waals surface area contributed by atoms with Gasteiger partial charge in [0.25, 0.3) is 0 Å². The number of fused-ring (bicyclic) bond motifs is 4. The van der Waals surface area contributed by atoms with Crippen LogP contribution in [-0.4, -0.2) is 57.7 Å². The lowest BCUT2D eigenvalue weighted by atomic mass is 9.51. The Balaban J connectivity index is 1.13. The van der Waals surface area contributed by atoms with Gasteiger partial charge in [-0.25, -0.2) is 13.7 Å². The summed E-state index contributed by atoms with van der Waals surface area (Å²) in [5.41, 5.74) is 1.01. The summed E-state index contributed by atoms with van der Waals surface area (Å²) < 4.78 is 29.1. The van der Waals surface area contributed by atoms with Crippen LogP contribution in [0.2, 0.25) is 5.02 Å². The van der Waals surface area contributed by atoms with Gasteiger partial charge in [0, 0.05) is 31.6 Å². The van der Waals surface area contributed by atoms with E-state index in [9.17, 15) is 33.1 Å². The largest absolute Gasteiger partial charge is 0.505 e. The third-order valence-corrected chi connectivity index (χ3v) is 12.2. The molecule has 0 bridgehead atoms. The molecular formula is C39H36ClF2N3O5. The van der Waals surface area contributed by atoms with Crippen molar-refractivity contribution in [2.24, 2.45) is 29.1 Å². The highest BCUT2D eigenvalue weighted by molar-refractivity contribution is 6.31. The van der Waals surface area contributed by atoms with Crippen molar-refractivity contribution in [2.45, 2.75) is 51.1 Å². The van der Waals surface area contributed by atoms with Gasteiger partial charge in [0.1, 0.15) is 5.82 Å². The first-order valence-electron chi connectivity index (χ1n) is 17.1. The minimum atomic E-state index is -1.41. The van der Waals surface area contributed by atoms with E-state index in [-0.39, 0.29) is 41.4 Å². The zero-order valence-corrected chi connectivity index (χ0v) is 28.2. The quantitative estimate of drug-likeness (QED) is 0.251. The summed E-state index contributed by atoms with van der Waals surface area (Å²) >= 11 is 6.07. The monoisotopic (exact) mass is 699 g/mol. The van der Waals surface area contributed by atoms with Gasteiger partial charge in [-0.05, 0) is 80.0 Å². The number of carbonyl (C=O) groups excluding carboxylic acids is 4. The predicted molar refractivity (Wildman–Crippen MR) is 181 cm³/mol. The van der Waals surface area contributed by atoms with E-state index in [1.807, 2.05) is 24.3 Å². The molecule has 258 valence electrons. The number of likely N-dealkylation sites (tertiary alicyclic amines) is 2. The van der Waals surface area contributed by atoms with Crippen molar-refractivity contribution in [1.29, 1.82) is 0 Å². The van der Waals surface area contributed by atoms with Crippen molar-refractivity contribution >= 4 is 40.9 Å². The Bertz CT molecular complexity index is 1960. The molecule has 6 unspecified atom stereocenters. The van der Waals surface area contributed by atoms with E-state index >= 15 is 0 Å². The van der Waals surface area contributed by atoms with Crippen LogP contribution in [0, 0.1) is 40.7 Å². The lowest BCUT2D eigenvalue weighted by Crippen LogP contribution is -2.49. The summed E-state index contributed by atoms with van der Waals surface area (Å²) in [5, 5.41) is 9.79. The fourth-order valence-corrected chi connectivity index (χ4v) is 9.70. The first kappa shape index (κ1) is 32.8. The van der Waals surface area contributed by atoms with Crippen molar-refractivity contribution in [3.8, 4) is 5.75 Å². The van der Waals surface area contributed by atoms with E-state index in [0.29, 0.717) is 18.4 Å². The summed E-state index contributed by atoms with van der Waals surface area (Å²) in [5.74, 6) is -7.31. The molecule has 1 N–H and O–H groups in total. The van der Waals surface area contributed by atoms with Crippen LogP contribution in [0.5, 0.6) is 5.75 Å². The average Bonchev–Trinajstić information content (AvgIpc) is 3.47. The van der Waals surface area contributed by atoms with Crippen molar-refractivity contribution in [3.63, 3.8) is 0 Å². The molecule has 4 amide bonds. The lowest BCUT2D eigenvalue weighted by molar-refractivity contribution is -0.144.